The van der Waals surface area contributed by atoms with Gasteiger partial charge in [-0.15, -0.1) is 11.3 Å². The second-order valence-electron chi connectivity index (χ2n) is 4.04. The second-order valence-corrected chi connectivity index (χ2v) is 5.02. The summed E-state index contributed by atoms with van der Waals surface area (Å²) in [5, 5.41) is 15.8. The van der Waals surface area contributed by atoms with Gasteiger partial charge in [-0.2, -0.15) is 0 Å². The van der Waals surface area contributed by atoms with Crippen LogP contribution in [-0.2, 0) is 6.42 Å². The molecule has 1 amide bonds. The van der Waals surface area contributed by atoms with Gasteiger partial charge in [0.05, 0.1) is 9.93 Å². The van der Waals surface area contributed by atoms with Crippen LogP contribution in [0.1, 0.15) is 15.4 Å². The van der Waals surface area contributed by atoms with Gasteiger partial charge in [-0.1, -0.05) is 0 Å². The summed E-state index contributed by atoms with van der Waals surface area (Å²) in [5.41, 5.74) is 4.01. The van der Waals surface area contributed by atoms with Gasteiger partial charge in [0, 0.05) is 30.6 Å². The van der Waals surface area contributed by atoms with Gasteiger partial charge in [-0.25, -0.2) is 9.37 Å². The number of rotatable bonds is 5. The number of nitrogens with zero attached hydrogens (tertiary/aromatic N) is 2. The lowest BCUT2D eigenvalue weighted by atomic mass is 10.1. The fraction of sp³-hybridized carbons (Fsp3) is 0.167. The summed E-state index contributed by atoms with van der Waals surface area (Å²) in [6, 6.07) is 1.78. The van der Waals surface area contributed by atoms with E-state index in [2.05, 4.69) is 10.3 Å². The van der Waals surface area contributed by atoms with Crippen LogP contribution >= 0.6 is 11.3 Å². The molecule has 9 heteroatoms. The van der Waals surface area contributed by atoms with Crippen LogP contribution in [0.4, 0.5) is 15.8 Å². The van der Waals surface area contributed by atoms with E-state index in [-0.39, 0.29) is 6.54 Å². The first-order valence-corrected chi connectivity index (χ1v) is 6.77. The molecule has 0 aliphatic rings. The molecule has 0 saturated heterocycles. The Morgan fingerprint density at radius 1 is 1.52 bits per heavy atom. The molecule has 110 valence electrons. The predicted octanol–water partition coefficient (Wildman–Crippen LogP) is 1.75. The predicted molar refractivity (Wildman–Crippen MR) is 75.6 cm³/mol. The maximum atomic E-state index is 13.7. The lowest BCUT2D eigenvalue weighted by molar-refractivity contribution is -0.384. The van der Waals surface area contributed by atoms with Crippen LogP contribution in [0.2, 0.25) is 0 Å². The van der Waals surface area contributed by atoms with E-state index in [1.165, 1.54) is 11.3 Å². The first-order chi connectivity index (χ1) is 10.0. The van der Waals surface area contributed by atoms with Crippen molar-refractivity contribution >= 4 is 28.6 Å². The summed E-state index contributed by atoms with van der Waals surface area (Å²) in [6.45, 7) is 0.230. The number of nitro benzene ring substituents is 1. The largest absolute Gasteiger partial charge is 0.392 e. The quantitative estimate of drug-likeness (QED) is 0.496. The molecule has 21 heavy (non-hydrogen) atoms. The summed E-state index contributed by atoms with van der Waals surface area (Å²) in [4.78, 5) is 25.9. The van der Waals surface area contributed by atoms with E-state index in [4.69, 9.17) is 5.73 Å². The van der Waals surface area contributed by atoms with Gasteiger partial charge in [0.1, 0.15) is 17.1 Å². The van der Waals surface area contributed by atoms with Gasteiger partial charge in [0.25, 0.3) is 11.6 Å². The number of thiazole rings is 1. The number of nitrogens with one attached hydrogen (secondary N) is 1. The van der Waals surface area contributed by atoms with Crippen LogP contribution in [-0.4, -0.2) is 22.4 Å². The third kappa shape index (κ3) is 3.31. The first kappa shape index (κ1) is 14.9. The molecule has 7 nitrogen and oxygen atoms in total. The molecule has 3 N–H and O–H groups in total. The molecule has 0 spiro atoms. The summed E-state index contributed by atoms with van der Waals surface area (Å²) in [6.07, 6.45) is 2.12. The van der Waals surface area contributed by atoms with E-state index >= 15 is 0 Å². The molecule has 1 aromatic heterocycles. The summed E-state index contributed by atoms with van der Waals surface area (Å²) >= 11 is 1.43. The average molecular weight is 310 g/mol. The number of carbonyl (C=O) groups excluding carboxylic acids is 1. The van der Waals surface area contributed by atoms with Gasteiger partial charge in [-0.05, 0) is 6.07 Å². The Balaban J connectivity index is 2.11. The third-order valence-corrected chi connectivity index (χ3v) is 3.54. The molecule has 0 aliphatic heterocycles. The number of amides is 1. The summed E-state index contributed by atoms with van der Waals surface area (Å²) in [5.74, 6) is -1.69. The molecule has 0 atom stereocenters. The van der Waals surface area contributed by atoms with E-state index in [9.17, 15) is 19.3 Å². The Morgan fingerprint density at radius 3 is 2.90 bits per heavy atom. The Bertz CT molecular complexity index is 675. The van der Waals surface area contributed by atoms with Crippen molar-refractivity contribution in [1.29, 1.82) is 0 Å². The number of nitrogens with two attached hydrogens (primary N) is 1. The minimum absolute atomic E-state index is 0.230. The van der Waals surface area contributed by atoms with Gasteiger partial charge in [0.15, 0.2) is 0 Å². The number of carbonyl (C=O) groups is 1. The van der Waals surface area contributed by atoms with E-state index in [1.54, 1.807) is 11.6 Å². The van der Waals surface area contributed by atoms with Crippen LogP contribution in [0.3, 0.4) is 0 Å². The fourth-order valence-corrected chi connectivity index (χ4v) is 2.34. The van der Waals surface area contributed by atoms with Crippen molar-refractivity contribution in [2.45, 2.75) is 6.42 Å². The molecule has 0 aliphatic carbocycles. The number of hydrogen-bond acceptors (Lipinski definition) is 6. The Hall–Kier alpha value is -2.55. The zero-order valence-corrected chi connectivity index (χ0v) is 11.5. The van der Waals surface area contributed by atoms with E-state index in [1.807, 2.05) is 0 Å². The summed E-state index contributed by atoms with van der Waals surface area (Å²) in [7, 11) is 0. The highest BCUT2D eigenvalue weighted by molar-refractivity contribution is 7.09. The van der Waals surface area contributed by atoms with Crippen LogP contribution < -0.4 is 11.1 Å². The minimum Gasteiger partial charge on any atom is -0.392 e. The van der Waals surface area contributed by atoms with Crippen molar-refractivity contribution in [1.82, 2.24) is 10.3 Å². The van der Waals surface area contributed by atoms with Crippen LogP contribution in [0.5, 0.6) is 0 Å². The zero-order chi connectivity index (χ0) is 15.4. The average Bonchev–Trinajstić information content (AvgIpc) is 2.91. The normalized spacial score (nSPS) is 10.3. The van der Waals surface area contributed by atoms with Gasteiger partial charge in [0.2, 0.25) is 0 Å². The topological polar surface area (TPSA) is 111 Å². The van der Waals surface area contributed by atoms with Crippen LogP contribution in [0, 0.1) is 15.9 Å². The standard InChI is InChI=1S/C12H11FN4O3S/c13-7-1-2-8(17(19)20)11(14)10(7)12(18)16-4-3-9-15-5-6-21-9/h1-2,5-6H,3-4,14H2,(H,16,18). The van der Waals surface area contributed by atoms with Crippen molar-refractivity contribution in [2.75, 3.05) is 12.3 Å². The Morgan fingerprint density at radius 2 is 2.29 bits per heavy atom. The molecular formula is C12H11FN4O3S. The Labute approximate surface area is 122 Å². The molecule has 0 radical (unpaired) electrons. The fourth-order valence-electron chi connectivity index (χ4n) is 1.72. The first-order valence-electron chi connectivity index (χ1n) is 5.89. The van der Waals surface area contributed by atoms with Gasteiger partial charge < -0.3 is 11.1 Å². The maximum absolute atomic E-state index is 13.7. The highest BCUT2D eigenvalue weighted by Crippen LogP contribution is 2.27. The van der Waals surface area contributed by atoms with Gasteiger partial charge >= 0.3 is 0 Å². The number of anilines is 1. The van der Waals surface area contributed by atoms with Crippen molar-refractivity contribution < 1.29 is 14.1 Å². The Kier molecular flexibility index (Phi) is 4.43. The zero-order valence-electron chi connectivity index (χ0n) is 10.7. The van der Waals surface area contributed by atoms with Crippen LogP contribution in [0.15, 0.2) is 23.7 Å². The monoisotopic (exact) mass is 310 g/mol. The maximum Gasteiger partial charge on any atom is 0.293 e. The summed E-state index contributed by atoms with van der Waals surface area (Å²) < 4.78 is 13.7. The molecule has 0 bridgehead atoms. The minimum atomic E-state index is -0.898. The molecule has 0 fully saturated rings. The van der Waals surface area contributed by atoms with Crippen LogP contribution in [0.25, 0.3) is 0 Å². The molecule has 1 heterocycles. The number of nitrogen functional groups attached to an aromatic ring is 1. The van der Waals surface area contributed by atoms with Crippen molar-refractivity contribution in [3.8, 4) is 0 Å². The third-order valence-electron chi connectivity index (χ3n) is 2.70. The SMILES string of the molecule is Nc1c([N+](=O)[O-])ccc(F)c1C(=O)NCCc1nccs1. The molecule has 2 rings (SSSR count). The smallest absolute Gasteiger partial charge is 0.293 e. The molecule has 2 aromatic rings. The highest BCUT2D eigenvalue weighted by Gasteiger charge is 2.23. The molecule has 0 saturated carbocycles. The molecular weight excluding hydrogens is 299 g/mol. The number of benzene rings is 1. The van der Waals surface area contributed by atoms with Crippen molar-refractivity contribution in [2.24, 2.45) is 0 Å². The van der Waals surface area contributed by atoms with Crippen molar-refractivity contribution in [3.05, 3.63) is 50.2 Å². The highest BCUT2D eigenvalue weighted by atomic mass is 32.1. The van der Waals surface area contributed by atoms with Crippen molar-refractivity contribution in [3.63, 3.8) is 0 Å². The lowest BCUT2D eigenvalue weighted by Crippen LogP contribution is -2.27. The number of nitro groups is 1. The number of aromatic nitrogens is 1. The lowest BCUT2D eigenvalue weighted by Gasteiger charge is -2.08. The molecule has 0 unspecified atom stereocenters. The van der Waals surface area contributed by atoms with Gasteiger partial charge in [-0.3, -0.25) is 14.9 Å². The van der Waals surface area contributed by atoms with E-state index in [0.29, 0.717) is 6.42 Å². The van der Waals surface area contributed by atoms with E-state index in [0.717, 1.165) is 17.1 Å². The number of hydrogen-bond donors (Lipinski definition) is 2. The number of halogens is 1. The second kappa shape index (κ2) is 6.27. The molecule has 1 aromatic carbocycles. The van der Waals surface area contributed by atoms with E-state index < -0.39 is 33.6 Å².